The van der Waals surface area contributed by atoms with Gasteiger partial charge in [-0.25, -0.2) is 9.69 Å². The van der Waals surface area contributed by atoms with E-state index in [0.29, 0.717) is 17.7 Å². The van der Waals surface area contributed by atoms with Gasteiger partial charge in [0.15, 0.2) is 6.04 Å². The molecule has 1 aromatic carbocycles. The van der Waals surface area contributed by atoms with Crippen molar-refractivity contribution in [3.63, 3.8) is 0 Å². The fraction of sp³-hybridized carbons (Fsp3) is 0.385. The zero-order valence-corrected chi connectivity index (χ0v) is 10.3. The van der Waals surface area contributed by atoms with E-state index in [4.69, 9.17) is 0 Å². The number of hydrogen-bond acceptors (Lipinski definition) is 2. The molecule has 106 valence electrons. The molecule has 1 saturated carbocycles. The molecular formula is C13H11F3N2O2. The number of hydrogen-bond donors (Lipinski definition) is 1. The SMILES string of the molecule is O=C1NC2(CC2)C(=O)N1[C@H](c1ccccc1)C(F)(F)F. The molecule has 1 atom stereocenters. The Morgan fingerprint density at radius 1 is 1.15 bits per heavy atom. The molecule has 1 aliphatic heterocycles. The molecule has 0 aromatic heterocycles. The predicted octanol–water partition coefficient (Wildman–Crippen LogP) is 2.37. The molecule has 0 bridgehead atoms. The molecule has 1 N–H and O–H groups in total. The van der Waals surface area contributed by atoms with E-state index in [1.54, 1.807) is 6.07 Å². The van der Waals surface area contributed by atoms with Gasteiger partial charge in [0.05, 0.1) is 0 Å². The molecule has 1 aromatic rings. The van der Waals surface area contributed by atoms with Crippen molar-refractivity contribution < 1.29 is 22.8 Å². The van der Waals surface area contributed by atoms with E-state index < -0.39 is 29.7 Å². The minimum absolute atomic E-state index is 0.124. The van der Waals surface area contributed by atoms with Crippen molar-refractivity contribution >= 4 is 11.9 Å². The molecule has 2 fully saturated rings. The number of amides is 3. The first-order chi connectivity index (χ1) is 9.35. The number of nitrogens with zero attached hydrogens (tertiary/aromatic N) is 1. The maximum absolute atomic E-state index is 13.3. The summed E-state index contributed by atoms with van der Waals surface area (Å²) in [4.78, 5) is 24.2. The van der Waals surface area contributed by atoms with Gasteiger partial charge in [-0.1, -0.05) is 30.3 Å². The first kappa shape index (κ1) is 13.0. The van der Waals surface area contributed by atoms with Crippen LogP contribution in [0.25, 0.3) is 0 Å². The van der Waals surface area contributed by atoms with Crippen molar-refractivity contribution in [2.45, 2.75) is 30.6 Å². The van der Waals surface area contributed by atoms with Gasteiger partial charge in [-0.2, -0.15) is 13.2 Å². The van der Waals surface area contributed by atoms with Crippen LogP contribution in [-0.4, -0.2) is 28.6 Å². The highest BCUT2D eigenvalue weighted by Gasteiger charge is 2.64. The Morgan fingerprint density at radius 2 is 1.75 bits per heavy atom. The second-order valence-corrected chi connectivity index (χ2v) is 5.04. The monoisotopic (exact) mass is 284 g/mol. The third-order valence-corrected chi connectivity index (χ3v) is 3.63. The first-order valence-corrected chi connectivity index (χ1v) is 6.13. The summed E-state index contributed by atoms with van der Waals surface area (Å²) in [6.07, 6.45) is -3.92. The normalized spacial score (nSPS) is 22.1. The Hall–Kier alpha value is -2.05. The fourth-order valence-electron chi connectivity index (χ4n) is 2.46. The average molecular weight is 284 g/mol. The zero-order chi connectivity index (χ0) is 14.5. The Bertz CT molecular complexity index is 567. The van der Waals surface area contributed by atoms with E-state index in [0.717, 1.165) is 0 Å². The van der Waals surface area contributed by atoms with Gasteiger partial charge in [0.2, 0.25) is 0 Å². The first-order valence-electron chi connectivity index (χ1n) is 6.13. The van der Waals surface area contributed by atoms with E-state index >= 15 is 0 Å². The average Bonchev–Trinajstić information content (AvgIpc) is 3.10. The summed E-state index contributed by atoms with van der Waals surface area (Å²) >= 11 is 0. The molecule has 7 heteroatoms. The number of rotatable bonds is 2. The molecule has 2 aliphatic rings. The van der Waals surface area contributed by atoms with Crippen molar-refractivity contribution in [2.75, 3.05) is 0 Å². The van der Waals surface area contributed by atoms with Gasteiger partial charge in [0.25, 0.3) is 5.91 Å². The van der Waals surface area contributed by atoms with Gasteiger partial charge < -0.3 is 5.32 Å². The number of carbonyl (C=O) groups is 2. The van der Waals surface area contributed by atoms with Gasteiger partial charge in [-0.05, 0) is 18.4 Å². The lowest BCUT2D eigenvalue weighted by Crippen LogP contribution is -2.43. The number of alkyl halides is 3. The summed E-state index contributed by atoms with van der Waals surface area (Å²) in [5.41, 5.74) is -1.21. The fourth-order valence-corrected chi connectivity index (χ4v) is 2.46. The molecule has 4 nitrogen and oxygen atoms in total. The second kappa shape index (κ2) is 3.97. The number of halogens is 3. The number of nitrogens with one attached hydrogen (secondary N) is 1. The Kier molecular flexibility index (Phi) is 2.57. The van der Waals surface area contributed by atoms with Crippen LogP contribution >= 0.6 is 0 Å². The molecule has 20 heavy (non-hydrogen) atoms. The van der Waals surface area contributed by atoms with Crippen LogP contribution in [0.15, 0.2) is 30.3 Å². The summed E-state index contributed by atoms with van der Waals surface area (Å²) in [7, 11) is 0. The van der Waals surface area contributed by atoms with Crippen LogP contribution in [-0.2, 0) is 4.79 Å². The smallest absolute Gasteiger partial charge is 0.323 e. The Morgan fingerprint density at radius 3 is 2.20 bits per heavy atom. The van der Waals surface area contributed by atoms with Gasteiger partial charge >= 0.3 is 12.2 Å². The van der Waals surface area contributed by atoms with Gasteiger partial charge in [-0.3, -0.25) is 4.79 Å². The van der Waals surface area contributed by atoms with Gasteiger partial charge in [0, 0.05) is 0 Å². The molecule has 1 aliphatic carbocycles. The number of urea groups is 1. The largest absolute Gasteiger partial charge is 0.413 e. The van der Waals surface area contributed by atoms with Crippen molar-refractivity contribution in [3.8, 4) is 0 Å². The zero-order valence-electron chi connectivity index (χ0n) is 10.3. The Balaban J connectivity index is 2.03. The van der Waals surface area contributed by atoms with E-state index in [1.807, 2.05) is 0 Å². The minimum atomic E-state index is -4.71. The molecule has 1 spiro atoms. The minimum Gasteiger partial charge on any atom is -0.323 e. The molecule has 0 radical (unpaired) electrons. The summed E-state index contributed by atoms with van der Waals surface area (Å²) in [5.74, 6) is -0.784. The highest BCUT2D eigenvalue weighted by atomic mass is 19.4. The van der Waals surface area contributed by atoms with Crippen LogP contribution < -0.4 is 5.32 Å². The van der Waals surface area contributed by atoms with E-state index in [2.05, 4.69) is 5.32 Å². The van der Waals surface area contributed by atoms with Crippen molar-refractivity contribution in [2.24, 2.45) is 0 Å². The van der Waals surface area contributed by atoms with Gasteiger partial charge in [0.1, 0.15) is 5.54 Å². The van der Waals surface area contributed by atoms with Gasteiger partial charge in [-0.15, -0.1) is 0 Å². The quantitative estimate of drug-likeness (QED) is 0.848. The van der Waals surface area contributed by atoms with E-state index in [1.165, 1.54) is 24.3 Å². The van der Waals surface area contributed by atoms with Crippen LogP contribution in [0.3, 0.4) is 0 Å². The van der Waals surface area contributed by atoms with Crippen molar-refractivity contribution in [1.29, 1.82) is 0 Å². The highest BCUT2D eigenvalue weighted by molar-refractivity contribution is 6.09. The number of imide groups is 1. The second-order valence-electron chi connectivity index (χ2n) is 5.04. The summed E-state index contributed by atoms with van der Waals surface area (Å²) < 4.78 is 39.9. The van der Waals surface area contributed by atoms with Crippen LogP contribution in [0.2, 0.25) is 0 Å². The van der Waals surface area contributed by atoms with E-state index in [-0.39, 0.29) is 5.56 Å². The third kappa shape index (κ3) is 1.85. The van der Waals surface area contributed by atoms with Crippen LogP contribution in [0.5, 0.6) is 0 Å². The van der Waals surface area contributed by atoms with Crippen LogP contribution in [0.4, 0.5) is 18.0 Å². The van der Waals surface area contributed by atoms with Crippen LogP contribution in [0, 0.1) is 0 Å². The maximum Gasteiger partial charge on any atom is 0.413 e. The molecular weight excluding hydrogens is 273 g/mol. The topological polar surface area (TPSA) is 49.4 Å². The standard InChI is InChI=1S/C13H11F3N2O2/c14-13(15,16)9(8-4-2-1-3-5-8)18-10(19)12(6-7-12)17-11(18)20/h1-5,9H,6-7H2,(H,17,20)/t9-/m1/s1. The van der Waals surface area contributed by atoms with Crippen molar-refractivity contribution in [3.05, 3.63) is 35.9 Å². The molecule has 3 amide bonds. The molecule has 0 unspecified atom stereocenters. The lowest BCUT2D eigenvalue weighted by Gasteiger charge is -2.27. The summed E-state index contributed by atoms with van der Waals surface area (Å²) in [6.45, 7) is 0. The highest BCUT2D eigenvalue weighted by Crippen LogP contribution is 2.47. The third-order valence-electron chi connectivity index (χ3n) is 3.63. The van der Waals surface area contributed by atoms with Crippen molar-refractivity contribution in [1.82, 2.24) is 10.2 Å². The molecule has 1 heterocycles. The number of carbonyl (C=O) groups excluding carboxylic acids is 2. The number of benzene rings is 1. The van der Waals surface area contributed by atoms with E-state index in [9.17, 15) is 22.8 Å². The lowest BCUT2D eigenvalue weighted by molar-refractivity contribution is -0.182. The lowest BCUT2D eigenvalue weighted by atomic mass is 10.0. The maximum atomic E-state index is 13.3. The Labute approximate surface area is 112 Å². The molecule has 3 rings (SSSR count). The van der Waals surface area contributed by atoms with Crippen LogP contribution in [0.1, 0.15) is 24.4 Å². The predicted molar refractivity (Wildman–Crippen MR) is 62.6 cm³/mol. The molecule has 1 saturated heterocycles. The summed E-state index contributed by atoms with van der Waals surface area (Å²) in [6, 6.07) is 3.77. The summed E-state index contributed by atoms with van der Waals surface area (Å²) in [5, 5.41) is 2.36.